The Morgan fingerprint density at radius 2 is 1.82 bits per heavy atom. The summed E-state index contributed by atoms with van der Waals surface area (Å²) in [6, 6.07) is 8.00. The summed E-state index contributed by atoms with van der Waals surface area (Å²) in [5.74, 6) is 1.45. The Kier molecular flexibility index (Phi) is 6.70. The highest BCUT2D eigenvalue weighted by Gasteiger charge is 2.25. The molecule has 120 valence electrons. The van der Waals surface area contributed by atoms with Crippen LogP contribution in [0.4, 0.5) is 0 Å². The standard InChI is InChI=1S/C20H28O2/c1-3-5-8-17-9-7-10-19(20(17)21)16-11-13-18(14-12-16)22-15-6-4-2/h10-14,17H,3-9,15H2,1-2H3. The minimum atomic E-state index is 0.223. The average molecular weight is 300 g/mol. The summed E-state index contributed by atoms with van der Waals surface area (Å²) in [5.41, 5.74) is 1.95. The van der Waals surface area contributed by atoms with Gasteiger partial charge in [-0.25, -0.2) is 0 Å². The number of benzene rings is 1. The zero-order valence-corrected chi connectivity index (χ0v) is 13.9. The van der Waals surface area contributed by atoms with Gasteiger partial charge in [0.1, 0.15) is 5.75 Å². The van der Waals surface area contributed by atoms with Gasteiger partial charge >= 0.3 is 0 Å². The molecule has 1 unspecified atom stereocenters. The maximum Gasteiger partial charge on any atom is 0.166 e. The zero-order valence-electron chi connectivity index (χ0n) is 13.9. The lowest BCUT2D eigenvalue weighted by atomic mass is 9.82. The fourth-order valence-electron chi connectivity index (χ4n) is 2.93. The number of ether oxygens (including phenoxy) is 1. The normalized spacial score (nSPS) is 18.2. The van der Waals surface area contributed by atoms with Crippen LogP contribution in [0.3, 0.4) is 0 Å². The molecule has 0 saturated heterocycles. The number of hydrogen-bond acceptors (Lipinski definition) is 2. The van der Waals surface area contributed by atoms with Crippen molar-refractivity contribution in [1.82, 2.24) is 0 Å². The summed E-state index contributed by atoms with van der Waals surface area (Å²) in [7, 11) is 0. The first-order valence-electron chi connectivity index (χ1n) is 8.73. The Morgan fingerprint density at radius 1 is 1.09 bits per heavy atom. The van der Waals surface area contributed by atoms with E-state index >= 15 is 0 Å². The third-order valence-corrected chi connectivity index (χ3v) is 4.34. The topological polar surface area (TPSA) is 26.3 Å². The molecule has 1 aromatic carbocycles. The van der Waals surface area contributed by atoms with Gasteiger partial charge in [-0.15, -0.1) is 0 Å². The molecule has 2 nitrogen and oxygen atoms in total. The minimum Gasteiger partial charge on any atom is -0.494 e. The van der Waals surface area contributed by atoms with Gasteiger partial charge in [0.25, 0.3) is 0 Å². The number of rotatable bonds is 8. The minimum absolute atomic E-state index is 0.223. The lowest BCUT2D eigenvalue weighted by molar-refractivity contribution is -0.118. The van der Waals surface area contributed by atoms with Crippen molar-refractivity contribution in [3.8, 4) is 5.75 Å². The van der Waals surface area contributed by atoms with Crippen LogP contribution in [0, 0.1) is 5.92 Å². The van der Waals surface area contributed by atoms with Crippen molar-refractivity contribution in [3.05, 3.63) is 35.9 Å². The van der Waals surface area contributed by atoms with Crippen molar-refractivity contribution in [3.63, 3.8) is 0 Å². The molecule has 0 amide bonds. The van der Waals surface area contributed by atoms with Crippen molar-refractivity contribution < 1.29 is 9.53 Å². The lowest BCUT2D eigenvalue weighted by Gasteiger charge is -2.21. The third kappa shape index (κ3) is 4.46. The van der Waals surface area contributed by atoms with Gasteiger partial charge in [0.2, 0.25) is 0 Å². The van der Waals surface area contributed by atoms with Crippen LogP contribution in [-0.2, 0) is 4.79 Å². The van der Waals surface area contributed by atoms with Crippen LogP contribution in [0.25, 0.3) is 5.57 Å². The van der Waals surface area contributed by atoms with E-state index in [0.29, 0.717) is 5.78 Å². The van der Waals surface area contributed by atoms with Crippen molar-refractivity contribution in [1.29, 1.82) is 0 Å². The van der Waals surface area contributed by atoms with Gasteiger partial charge in [0.05, 0.1) is 6.61 Å². The van der Waals surface area contributed by atoms with Crippen molar-refractivity contribution in [2.75, 3.05) is 6.61 Å². The lowest BCUT2D eigenvalue weighted by Crippen LogP contribution is -2.19. The van der Waals surface area contributed by atoms with E-state index in [0.717, 1.165) is 68.4 Å². The van der Waals surface area contributed by atoms with E-state index in [4.69, 9.17) is 4.74 Å². The van der Waals surface area contributed by atoms with Crippen molar-refractivity contribution >= 4 is 11.4 Å². The molecular weight excluding hydrogens is 272 g/mol. The molecule has 0 saturated carbocycles. The molecule has 0 heterocycles. The second kappa shape index (κ2) is 8.77. The monoisotopic (exact) mass is 300 g/mol. The number of unbranched alkanes of at least 4 members (excludes halogenated alkanes) is 2. The Bertz CT molecular complexity index is 499. The maximum absolute atomic E-state index is 12.6. The van der Waals surface area contributed by atoms with Crippen LogP contribution < -0.4 is 4.74 Å². The number of carbonyl (C=O) groups is 1. The van der Waals surface area contributed by atoms with Gasteiger partial charge in [-0.1, -0.05) is 51.3 Å². The SMILES string of the molecule is CCCCOc1ccc(C2=CCCC(CCCC)C2=O)cc1. The van der Waals surface area contributed by atoms with Crippen LogP contribution in [0.1, 0.15) is 64.4 Å². The van der Waals surface area contributed by atoms with Gasteiger partial charge in [-0.05, 0) is 43.4 Å². The van der Waals surface area contributed by atoms with Gasteiger partial charge < -0.3 is 4.74 Å². The Morgan fingerprint density at radius 3 is 2.50 bits per heavy atom. The third-order valence-electron chi connectivity index (χ3n) is 4.34. The smallest absolute Gasteiger partial charge is 0.166 e. The van der Waals surface area contributed by atoms with E-state index in [1.54, 1.807) is 0 Å². The summed E-state index contributed by atoms with van der Waals surface area (Å²) in [6.07, 6.45) is 9.69. The molecule has 2 rings (SSSR count). The molecule has 0 spiro atoms. The van der Waals surface area contributed by atoms with E-state index < -0.39 is 0 Å². The fraction of sp³-hybridized carbons (Fsp3) is 0.550. The molecule has 1 aromatic rings. The van der Waals surface area contributed by atoms with Gasteiger partial charge in [-0.2, -0.15) is 0 Å². The van der Waals surface area contributed by atoms with Gasteiger partial charge in [-0.3, -0.25) is 4.79 Å². The van der Waals surface area contributed by atoms with E-state index in [9.17, 15) is 4.79 Å². The summed E-state index contributed by atoms with van der Waals surface area (Å²) < 4.78 is 5.69. The largest absolute Gasteiger partial charge is 0.494 e. The second-order valence-electron chi connectivity index (χ2n) is 6.12. The number of carbonyl (C=O) groups excluding carboxylic acids is 1. The highest BCUT2D eigenvalue weighted by atomic mass is 16.5. The van der Waals surface area contributed by atoms with Crippen molar-refractivity contribution in [2.24, 2.45) is 5.92 Å². The predicted molar refractivity (Wildman–Crippen MR) is 92.1 cm³/mol. The molecule has 1 aliphatic rings. The second-order valence-corrected chi connectivity index (χ2v) is 6.12. The number of Topliss-reactive ketones (excluding diaryl/α,β-unsaturated/α-hetero) is 1. The molecule has 0 bridgehead atoms. The van der Waals surface area contributed by atoms with E-state index in [1.807, 2.05) is 24.3 Å². The van der Waals surface area contributed by atoms with Crippen LogP contribution in [0.15, 0.2) is 30.3 Å². The van der Waals surface area contributed by atoms with Gasteiger partial charge in [0, 0.05) is 11.5 Å². The molecule has 0 radical (unpaired) electrons. The van der Waals surface area contributed by atoms with E-state index in [2.05, 4.69) is 19.9 Å². The summed E-state index contributed by atoms with van der Waals surface area (Å²) in [5, 5.41) is 0. The first kappa shape index (κ1) is 16.8. The average Bonchev–Trinajstić information content (AvgIpc) is 2.55. The Balaban J connectivity index is 2.01. The molecule has 0 aliphatic heterocycles. The van der Waals surface area contributed by atoms with Crippen LogP contribution in [0.5, 0.6) is 5.75 Å². The molecular formula is C20H28O2. The Labute approximate surface area is 134 Å². The molecule has 1 atom stereocenters. The van der Waals surface area contributed by atoms with E-state index in [1.165, 1.54) is 0 Å². The van der Waals surface area contributed by atoms with Gasteiger partial charge in [0.15, 0.2) is 5.78 Å². The van der Waals surface area contributed by atoms with E-state index in [-0.39, 0.29) is 5.92 Å². The first-order chi connectivity index (χ1) is 10.8. The maximum atomic E-state index is 12.6. The number of hydrogen-bond donors (Lipinski definition) is 0. The van der Waals surface area contributed by atoms with Crippen LogP contribution in [-0.4, -0.2) is 12.4 Å². The molecule has 2 heteroatoms. The molecule has 0 aromatic heterocycles. The number of ketones is 1. The summed E-state index contributed by atoms with van der Waals surface area (Å²) in [4.78, 5) is 12.6. The molecule has 22 heavy (non-hydrogen) atoms. The number of allylic oxidation sites excluding steroid dienone is 2. The van der Waals surface area contributed by atoms with Crippen molar-refractivity contribution in [2.45, 2.75) is 58.8 Å². The summed E-state index contributed by atoms with van der Waals surface area (Å²) in [6.45, 7) is 5.10. The fourth-order valence-corrected chi connectivity index (χ4v) is 2.93. The zero-order chi connectivity index (χ0) is 15.8. The predicted octanol–water partition coefficient (Wildman–Crippen LogP) is 5.42. The molecule has 0 fully saturated rings. The Hall–Kier alpha value is -1.57. The first-order valence-corrected chi connectivity index (χ1v) is 8.73. The van der Waals surface area contributed by atoms with Crippen LogP contribution >= 0.6 is 0 Å². The molecule has 1 aliphatic carbocycles. The highest BCUT2D eigenvalue weighted by Crippen LogP contribution is 2.31. The summed E-state index contributed by atoms with van der Waals surface area (Å²) >= 11 is 0. The molecule has 0 N–H and O–H groups in total. The highest BCUT2D eigenvalue weighted by molar-refractivity contribution is 6.22. The van der Waals surface area contributed by atoms with Crippen LogP contribution in [0.2, 0.25) is 0 Å². The quantitative estimate of drug-likeness (QED) is 0.599.